The smallest absolute Gasteiger partial charge is 0.0490 e. The predicted octanol–water partition coefficient (Wildman–Crippen LogP) is 4.05. The highest BCUT2D eigenvalue weighted by molar-refractivity contribution is 9.10. The third kappa shape index (κ3) is 2.27. The van der Waals surface area contributed by atoms with Crippen LogP contribution in [0.4, 0.5) is 0 Å². The third-order valence-electron chi connectivity index (χ3n) is 4.38. The quantitative estimate of drug-likeness (QED) is 0.892. The lowest BCUT2D eigenvalue weighted by Gasteiger charge is -2.29. The second-order valence-electron chi connectivity index (χ2n) is 5.73. The van der Waals surface area contributed by atoms with Gasteiger partial charge in [-0.15, -0.1) is 0 Å². The lowest BCUT2D eigenvalue weighted by Crippen LogP contribution is -2.26. The topological polar surface area (TPSA) is 20.2 Å². The first-order valence-corrected chi connectivity index (χ1v) is 7.34. The minimum atomic E-state index is 0.102. The molecule has 3 rings (SSSR count). The van der Waals surface area contributed by atoms with Gasteiger partial charge in [0.15, 0.2) is 0 Å². The van der Waals surface area contributed by atoms with E-state index in [4.69, 9.17) is 11.6 Å². The third-order valence-corrected chi connectivity index (χ3v) is 5.22. The Morgan fingerprint density at radius 3 is 2.65 bits per heavy atom. The Kier molecular flexibility index (Phi) is 3.00. The van der Waals surface area contributed by atoms with E-state index in [1.807, 2.05) is 12.1 Å². The summed E-state index contributed by atoms with van der Waals surface area (Å²) < 4.78 is 1.01. The van der Waals surface area contributed by atoms with E-state index in [1.165, 1.54) is 24.8 Å². The van der Waals surface area contributed by atoms with Gasteiger partial charge in [-0.05, 0) is 60.6 Å². The molecular formula is C14H16BrClO. The lowest BCUT2D eigenvalue weighted by atomic mass is 9.78. The first kappa shape index (κ1) is 12.0. The highest BCUT2D eigenvalue weighted by atomic mass is 79.9. The van der Waals surface area contributed by atoms with E-state index in [1.54, 1.807) is 0 Å². The van der Waals surface area contributed by atoms with E-state index in [0.29, 0.717) is 6.61 Å². The molecule has 0 amide bonds. The van der Waals surface area contributed by atoms with Crippen molar-refractivity contribution < 1.29 is 5.11 Å². The molecule has 2 atom stereocenters. The summed E-state index contributed by atoms with van der Waals surface area (Å²) in [4.78, 5) is 0. The fraction of sp³-hybridized carbons (Fsp3) is 0.571. The highest BCUT2D eigenvalue weighted by Gasteiger charge is 2.53. The molecule has 0 heterocycles. The van der Waals surface area contributed by atoms with Crippen molar-refractivity contribution in [3.05, 3.63) is 33.3 Å². The summed E-state index contributed by atoms with van der Waals surface area (Å²) >= 11 is 9.69. The molecule has 2 unspecified atom stereocenters. The van der Waals surface area contributed by atoms with Crippen LogP contribution in [-0.2, 0) is 6.42 Å². The Bertz CT molecular complexity index is 436. The van der Waals surface area contributed by atoms with Crippen LogP contribution in [0, 0.1) is 17.3 Å². The summed E-state index contributed by atoms with van der Waals surface area (Å²) in [5, 5.41) is 10.5. The molecule has 1 aromatic carbocycles. The summed E-state index contributed by atoms with van der Waals surface area (Å²) in [6.07, 6.45) is 4.67. The van der Waals surface area contributed by atoms with Crippen molar-refractivity contribution in [2.45, 2.75) is 25.7 Å². The number of hydrogen-bond donors (Lipinski definition) is 1. The zero-order valence-electron chi connectivity index (χ0n) is 9.63. The van der Waals surface area contributed by atoms with Crippen LogP contribution in [-0.4, -0.2) is 11.7 Å². The fourth-order valence-corrected chi connectivity index (χ4v) is 4.14. The lowest BCUT2D eigenvalue weighted by molar-refractivity contribution is 0.117. The number of aliphatic hydroxyl groups excluding tert-OH is 1. The molecule has 1 nitrogen and oxygen atoms in total. The molecule has 0 spiro atoms. The summed E-state index contributed by atoms with van der Waals surface area (Å²) in [6, 6.07) is 6.05. The van der Waals surface area contributed by atoms with Crippen molar-refractivity contribution >= 4 is 27.5 Å². The van der Waals surface area contributed by atoms with Crippen LogP contribution >= 0.6 is 27.5 Å². The number of hydrogen-bond acceptors (Lipinski definition) is 1. The van der Waals surface area contributed by atoms with Crippen molar-refractivity contribution in [3.63, 3.8) is 0 Å². The van der Waals surface area contributed by atoms with E-state index >= 15 is 0 Å². The Morgan fingerprint density at radius 1 is 1.35 bits per heavy atom. The molecule has 0 aromatic heterocycles. The molecular weight excluding hydrogens is 300 g/mol. The van der Waals surface area contributed by atoms with Gasteiger partial charge < -0.3 is 5.11 Å². The van der Waals surface area contributed by atoms with Crippen LogP contribution in [0.1, 0.15) is 24.8 Å². The normalized spacial score (nSPS) is 34.8. The highest BCUT2D eigenvalue weighted by Crippen LogP contribution is 2.60. The molecule has 2 fully saturated rings. The molecule has 92 valence electrons. The molecule has 2 aliphatic carbocycles. The van der Waals surface area contributed by atoms with E-state index in [0.717, 1.165) is 27.8 Å². The number of halogens is 2. The number of aliphatic hydroxyl groups is 1. The van der Waals surface area contributed by atoms with Crippen LogP contribution < -0.4 is 0 Å². The number of benzene rings is 1. The standard InChI is InChI=1S/C14H16BrClO/c15-12-2-1-9(13(16)4-12)5-14(8-17)6-10-3-11(10)7-14/h1-2,4,10-11,17H,3,5-8H2. The Hall–Kier alpha value is -0.0500. The molecule has 3 heteroatoms. The van der Waals surface area contributed by atoms with Gasteiger partial charge >= 0.3 is 0 Å². The van der Waals surface area contributed by atoms with Crippen molar-refractivity contribution in [2.75, 3.05) is 6.61 Å². The van der Waals surface area contributed by atoms with Gasteiger partial charge in [-0.3, -0.25) is 0 Å². The van der Waals surface area contributed by atoms with Crippen LogP contribution in [0.25, 0.3) is 0 Å². The second kappa shape index (κ2) is 4.25. The van der Waals surface area contributed by atoms with Crippen molar-refractivity contribution in [2.24, 2.45) is 17.3 Å². The van der Waals surface area contributed by atoms with Gasteiger partial charge in [-0.25, -0.2) is 0 Å². The van der Waals surface area contributed by atoms with Gasteiger partial charge in [0.05, 0.1) is 0 Å². The summed E-state index contributed by atoms with van der Waals surface area (Å²) in [5.41, 5.74) is 1.27. The van der Waals surface area contributed by atoms with Gasteiger partial charge in [-0.1, -0.05) is 33.6 Å². The van der Waals surface area contributed by atoms with Crippen LogP contribution in [0.15, 0.2) is 22.7 Å². The zero-order valence-corrected chi connectivity index (χ0v) is 12.0. The summed E-state index contributed by atoms with van der Waals surface area (Å²) in [5.74, 6) is 1.77. The Labute approximate surface area is 115 Å². The summed E-state index contributed by atoms with van der Waals surface area (Å²) in [6.45, 7) is 0.298. The molecule has 0 radical (unpaired) electrons. The minimum Gasteiger partial charge on any atom is -0.396 e. The van der Waals surface area contributed by atoms with Crippen molar-refractivity contribution in [3.8, 4) is 0 Å². The monoisotopic (exact) mass is 314 g/mol. The van der Waals surface area contributed by atoms with Gasteiger partial charge in [-0.2, -0.15) is 0 Å². The molecule has 1 aromatic rings. The minimum absolute atomic E-state index is 0.102. The van der Waals surface area contributed by atoms with E-state index in [-0.39, 0.29) is 5.41 Å². The molecule has 17 heavy (non-hydrogen) atoms. The maximum atomic E-state index is 9.71. The molecule has 2 aliphatic rings. The first-order chi connectivity index (χ1) is 8.12. The van der Waals surface area contributed by atoms with Gasteiger partial charge in [0, 0.05) is 16.1 Å². The molecule has 2 saturated carbocycles. The van der Waals surface area contributed by atoms with Crippen molar-refractivity contribution in [1.29, 1.82) is 0 Å². The fourth-order valence-electron chi connectivity index (χ4n) is 3.40. The Morgan fingerprint density at radius 2 is 2.06 bits per heavy atom. The van der Waals surface area contributed by atoms with Crippen LogP contribution in [0.2, 0.25) is 5.02 Å². The maximum Gasteiger partial charge on any atom is 0.0490 e. The van der Waals surface area contributed by atoms with Crippen molar-refractivity contribution in [1.82, 2.24) is 0 Å². The van der Waals surface area contributed by atoms with E-state index in [2.05, 4.69) is 22.0 Å². The average molecular weight is 316 g/mol. The SMILES string of the molecule is OCC1(Cc2ccc(Br)cc2Cl)CC2CC2C1. The number of rotatable bonds is 3. The number of fused-ring (bicyclic) bond motifs is 1. The van der Waals surface area contributed by atoms with Gasteiger partial charge in [0.25, 0.3) is 0 Å². The predicted molar refractivity (Wildman–Crippen MR) is 73.2 cm³/mol. The van der Waals surface area contributed by atoms with Gasteiger partial charge in [0.1, 0.15) is 0 Å². The largest absolute Gasteiger partial charge is 0.396 e. The first-order valence-electron chi connectivity index (χ1n) is 6.17. The van der Waals surface area contributed by atoms with E-state index in [9.17, 15) is 5.11 Å². The Balaban J connectivity index is 1.81. The van der Waals surface area contributed by atoms with Crippen LogP contribution in [0.3, 0.4) is 0 Å². The van der Waals surface area contributed by atoms with Crippen LogP contribution in [0.5, 0.6) is 0 Å². The zero-order chi connectivity index (χ0) is 12.0. The van der Waals surface area contributed by atoms with E-state index < -0.39 is 0 Å². The molecule has 0 saturated heterocycles. The molecule has 0 bridgehead atoms. The second-order valence-corrected chi connectivity index (χ2v) is 7.06. The summed E-state index contributed by atoms with van der Waals surface area (Å²) in [7, 11) is 0. The van der Waals surface area contributed by atoms with Gasteiger partial charge in [0.2, 0.25) is 0 Å². The average Bonchev–Trinajstić information content (AvgIpc) is 2.91. The maximum absolute atomic E-state index is 9.71. The molecule has 1 N–H and O–H groups in total. The molecule has 0 aliphatic heterocycles.